The van der Waals surface area contributed by atoms with Crippen molar-refractivity contribution in [3.05, 3.63) is 60.2 Å². The van der Waals surface area contributed by atoms with Crippen molar-refractivity contribution >= 4 is 28.9 Å². The zero-order valence-corrected chi connectivity index (χ0v) is 14.6. The van der Waals surface area contributed by atoms with Gasteiger partial charge in [-0.05, 0) is 30.5 Å². The molecule has 2 aromatic rings. The Balaban J connectivity index is 1.67. The summed E-state index contributed by atoms with van der Waals surface area (Å²) in [6.45, 7) is 1.65. The third-order valence-electron chi connectivity index (χ3n) is 4.91. The third kappa shape index (κ3) is 3.25. The second-order valence-corrected chi connectivity index (χ2v) is 6.66. The zero-order valence-electron chi connectivity index (χ0n) is 14.6. The molecule has 2 aromatic carbocycles. The van der Waals surface area contributed by atoms with Gasteiger partial charge in [0.25, 0.3) is 0 Å². The molecule has 2 aliphatic rings. The number of hydrogen-bond acceptors (Lipinski definition) is 3. The molecule has 0 aliphatic carbocycles. The van der Waals surface area contributed by atoms with Crippen LogP contribution in [0, 0.1) is 0 Å². The van der Waals surface area contributed by atoms with Crippen LogP contribution in [0.25, 0.3) is 0 Å². The number of aliphatic imine (C=N–C) groups is 1. The van der Waals surface area contributed by atoms with Gasteiger partial charge in [0.05, 0.1) is 23.5 Å². The van der Waals surface area contributed by atoms with Crippen LogP contribution >= 0.6 is 0 Å². The highest BCUT2D eigenvalue weighted by molar-refractivity contribution is 6.18. The van der Waals surface area contributed by atoms with E-state index in [2.05, 4.69) is 0 Å². The van der Waals surface area contributed by atoms with Gasteiger partial charge in [0.1, 0.15) is 6.54 Å². The molecule has 0 N–H and O–H groups in total. The monoisotopic (exact) mass is 347 g/mol. The average Bonchev–Trinajstić information content (AvgIpc) is 3.17. The van der Waals surface area contributed by atoms with E-state index in [1.807, 2.05) is 59.5 Å². The van der Waals surface area contributed by atoms with Crippen molar-refractivity contribution in [2.75, 3.05) is 24.5 Å². The van der Waals surface area contributed by atoms with Crippen LogP contribution in [-0.4, -0.2) is 42.1 Å². The molecule has 0 aromatic heterocycles. The van der Waals surface area contributed by atoms with E-state index in [1.165, 1.54) is 0 Å². The summed E-state index contributed by atoms with van der Waals surface area (Å²) in [6, 6.07) is 17.3. The Morgan fingerprint density at radius 2 is 1.65 bits per heavy atom. The molecule has 2 heterocycles. The number of amides is 2. The quantitative estimate of drug-likeness (QED) is 0.856. The number of benzene rings is 2. The minimum Gasteiger partial charge on any atom is -0.341 e. The first-order valence-corrected chi connectivity index (χ1v) is 9.02. The summed E-state index contributed by atoms with van der Waals surface area (Å²) in [6.07, 6.45) is 2.26. The fraction of sp³-hybridized carbons (Fsp3) is 0.286. The molecular weight excluding hydrogens is 326 g/mol. The molecule has 5 nitrogen and oxygen atoms in total. The van der Waals surface area contributed by atoms with E-state index in [1.54, 1.807) is 4.90 Å². The standard InChI is InChI=1S/C21H21N3O2/c25-20-14-18(16-8-2-1-3-9-16)22-17-10-4-5-11-19(17)24(20)15-21(26)23-12-6-7-13-23/h1-5,8-11H,6-7,12-15H2. The van der Waals surface area contributed by atoms with Gasteiger partial charge in [-0.25, -0.2) is 0 Å². The maximum absolute atomic E-state index is 13.0. The van der Waals surface area contributed by atoms with Gasteiger partial charge in [-0.1, -0.05) is 42.5 Å². The van der Waals surface area contributed by atoms with Crippen LogP contribution in [0.1, 0.15) is 24.8 Å². The van der Waals surface area contributed by atoms with Gasteiger partial charge in [-0.3, -0.25) is 14.6 Å². The van der Waals surface area contributed by atoms with Gasteiger partial charge in [0.2, 0.25) is 11.8 Å². The predicted molar refractivity (Wildman–Crippen MR) is 102 cm³/mol. The Labute approximate surface area is 152 Å². The lowest BCUT2D eigenvalue weighted by Crippen LogP contribution is -2.42. The van der Waals surface area contributed by atoms with Crippen LogP contribution < -0.4 is 4.90 Å². The number of para-hydroxylation sites is 2. The molecule has 5 heteroatoms. The first-order valence-electron chi connectivity index (χ1n) is 9.02. The summed E-state index contributed by atoms with van der Waals surface area (Å²) in [4.78, 5) is 33.8. The normalized spacial score (nSPS) is 16.9. The lowest BCUT2D eigenvalue weighted by molar-refractivity contribution is -0.130. The lowest BCUT2D eigenvalue weighted by Gasteiger charge is -2.24. The molecule has 0 bridgehead atoms. The summed E-state index contributed by atoms with van der Waals surface area (Å²) in [5.41, 5.74) is 3.10. The van der Waals surface area contributed by atoms with Crippen LogP contribution in [0.5, 0.6) is 0 Å². The number of carbonyl (C=O) groups is 2. The van der Waals surface area contributed by atoms with E-state index >= 15 is 0 Å². The molecular formula is C21H21N3O2. The Morgan fingerprint density at radius 3 is 2.42 bits per heavy atom. The summed E-state index contributed by atoms with van der Waals surface area (Å²) < 4.78 is 0. The van der Waals surface area contributed by atoms with Gasteiger partial charge in [0, 0.05) is 13.1 Å². The number of nitrogens with zero attached hydrogens (tertiary/aromatic N) is 3. The van der Waals surface area contributed by atoms with Gasteiger partial charge in [-0.15, -0.1) is 0 Å². The number of fused-ring (bicyclic) bond motifs is 1. The van der Waals surface area contributed by atoms with Gasteiger partial charge in [-0.2, -0.15) is 0 Å². The predicted octanol–water partition coefficient (Wildman–Crippen LogP) is 3.17. The molecule has 0 unspecified atom stereocenters. The van der Waals surface area contributed by atoms with Crippen molar-refractivity contribution in [1.82, 2.24) is 4.90 Å². The Bertz CT molecular complexity index is 855. The van der Waals surface area contributed by atoms with E-state index in [0.29, 0.717) is 5.69 Å². The zero-order chi connectivity index (χ0) is 17.9. The molecule has 26 heavy (non-hydrogen) atoms. The minimum absolute atomic E-state index is 0.00816. The van der Waals surface area contributed by atoms with E-state index in [4.69, 9.17) is 4.99 Å². The molecule has 0 radical (unpaired) electrons. The summed E-state index contributed by atoms with van der Waals surface area (Å²) in [7, 11) is 0. The van der Waals surface area contributed by atoms with Gasteiger partial charge >= 0.3 is 0 Å². The van der Waals surface area contributed by atoms with Crippen molar-refractivity contribution in [3.8, 4) is 0 Å². The van der Waals surface area contributed by atoms with E-state index < -0.39 is 0 Å². The van der Waals surface area contributed by atoms with Crippen molar-refractivity contribution in [3.63, 3.8) is 0 Å². The number of carbonyl (C=O) groups excluding carboxylic acids is 2. The van der Waals surface area contributed by atoms with Crippen LogP contribution in [-0.2, 0) is 9.59 Å². The largest absolute Gasteiger partial charge is 0.341 e. The number of likely N-dealkylation sites (tertiary alicyclic amines) is 1. The smallest absolute Gasteiger partial charge is 0.242 e. The maximum atomic E-state index is 13.0. The summed E-state index contributed by atoms with van der Waals surface area (Å²) >= 11 is 0. The van der Waals surface area contributed by atoms with Crippen LogP contribution in [0.4, 0.5) is 11.4 Å². The highest BCUT2D eigenvalue weighted by Crippen LogP contribution is 2.33. The fourth-order valence-electron chi connectivity index (χ4n) is 3.52. The molecule has 1 saturated heterocycles. The van der Waals surface area contributed by atoms with Gasteiger partial charge in [0.15, 0.2) is 0 Å². The molecule has 2 aliphatic heterocycles. The van der Waals surface area contributed by atoms with E-state index in [-0.39, 0.29) is 24.8 Å². The highest BCUT2D eigenvalue weighted by atomic mass is 16.2. The first-order chi connectivity index (χ1) is 12.7. The molecule has 0 spiro atoms. The molecule has 132 valence electrons. The number of rotatable bonds is 3. The van der Waals surface area contributed by atoms with Crippen LogP contribution in [0.3, 0.4) is 0 Å². The van der Waals surface area contributed by atoms with Crippen LogP contribution in [0.15, 0.2) is 59.6 Å². The second kappa shape index (κ2) is 7.12. The fourth-order valence-corrected chi connectivity index (χ4v) is 3.52. The SMILES string of the molecule is O=C(CN1C(=O)CC(c2ccccc2)=Nc2ccccc21)N1CCCC1. The minimum atomic E-state index is -0.0925. The topological polar surface area (TPSA) is 53.0 Å². The van der Waals surface area contributed by atoms with Crippen LogP contribution in [0.2, 0.25) is 0 Å². The highest BCUT2D eigenvalue weighted by Gasteiger charge is 2.28. The molecule has 1 fully saturated rings. The van der Waals surface area contributed by atoms with Crippen molar-refractivity contribution < 1.29 is 9.59 Å². The third-order valence-corrected chi connectivity index (χ3v) is 4.91. The first kappa shape index (κ1) is 16.5. The number of anilines is 1. The Hall–Kier alpha value is -2.95. The number of hydrogen-bond donors (Lipinski definition) is 0. The van der Waals surface area contributed by atoms with Crippen molar-refractivity contribution in [2.24, 2.45) is 4.99 Å². The average molecular weight is 347 g/mol. The van der Waals surface area contributed by atoms with E-state index in [9.17, 15) is 9.59 Å². The second-order valence-electron chi connectivity index (χ2n) is 6.66. The van der Waals surface area contributed by atoms with Crippen molar-refractivity contribution in [2.45, 2.75) is 19.3 Å². The molecule has 2 amide bonds. The molecule has 0 saturated carbocycles. The summed E-state index contributed by atoms with van der Waals surface area (Å²) in [5, 5.41) is 0. The lowest BCUT2D eigenvalue weighted by atomic mass is 10.1. The molecule has 0 atom stereocenters. The Kier molecular flexibility index (Phi) is 4.52. The Morgan fingerprint density at radius 1 is 0.962 bits per heavy atom. The van der Waals surface area contributed by atoms with E-state index in [0.717, 1.165) is 42.9 Å². The van der Waals surface area contributed by atoms with Crippen molar-refractivity contribution in [1.29, 1.82) is 0 Å². The molecule has 4 rings (SSSR count). The summed E-state index contributed by atoms with van der Waals surface area (Å²) in [5.74, 6) is -0.0843. The maximum Gasteiger partial charge on any atom is 0.242 e. The van der Waals surface area contributed by atoms with Gasteiger partial charge < -0.3 is 9.80 Å².